The van der Waals surface area contributed by atoms with Gasteiger partial charge in [-0.3, -0.25) is 4.98 Å². The fourth-order valence-corrected chi connectivity index (χ4v) is 1.98. The molecule has 0 bridgehead atoms. The van der Waals surface area contributed by atoms with Crippen LogP contribution in [0, 0.1) is 3.57 Å². The lowest BCUT2D eigenvalue weighted by Crippen LogP contribution is -1.92. The standard InChI is InChI=1S/C12H9ClINO/c13-7-9-5-6-15-8-12(9)16-11-4-2-1-3-10(11)14/h1-6,8H,7H2. The Hall–Kier alpha value is -0.810. The molecule has 1 heterocycles. The molecule has 2 nitrogen and oxygen atoms in total. The number of ether oxygens (including phenoxy) is 1. The quantitative estimate of drug-likeness (QED) is 0.614. The maximum atomic E-state index is 5.83. The highest BCUT2D eigenvalue weighted by molar-refractivity contribution is 14.1. The molecule has 2 rings (SSSR count). The summed E-state index contributed by atoms with van der Waals surface area (Å²) in [7, 11) is 0. The number of aromatic nitrogens is 1. The predicted molar refractivity (Wildman–Crippen MR) is 73.0 cm³/mol. The van der Waals surface area contributed by atoms with Crippen LogP contribution in [-0.4, -0.2) is 4.98 Å². The van der Waals surface area contributed by atoms with Crippen LogP contribution in [0.2, 0.25) is 0 Å². The second-order valence-corrected chi connectivity index (χ2v) is 4.58. The van der Waals surface area contributed by atoms with Gasteiger partial charge in [-0.05, 0) is 40.8 Å². The van der Waals surface area contributed by atoms with Gasteiger partial charge in [-0.2, -0.15) is 0 Å². The molecule has 16 heavy (non-hydrogen) atoms. The van der Waals surface area contributed by atoms with Crippen LogP contribution in [-0.2, 0) is 5.88 Å². The number of hydrogen-bond donors (Lipinski definition) is 0. The number of benzene rings is 1. The Morgan fingerprint density at radius 3 is 2.75 bits per heavy atom. The molecule has 1 aromatic carbocycles. The van der Waals surface area contributed by atoms with Gasteiger partial charge in [0.15, 0.2) is 0 Å². The van der Waals surface area contributed by atoms with Crippen LogP contribution in [0.1, 0.15) is 5.56 Å². The molecule has 0 fully saturated rings. The Morgan fingerprint density at radius 1 is 1.19 bits per heavy atom. The highest BCUT2D eigenvalue weighted by atomic mass is 127. The van der Waals surface area contributed by atoms with Crippen molar-refractivity contribution < 1.29 is 4.74 Å². The summed E-state index contributed by atoms with van der Waals surface area (Å²) < 4.78 is 6.84. The minimum absolute atomic E-state index is 0.418. The zero-order valence-corrected chi connectivity index (χ0v) is 11.3. The van der Waals surface area contributed by atoms with Crippen molar-refractivity contribution in [3.8, 4) is 11.5 Å². The zero-order valence-electron chi connectivity index (χ0n) is 8.36. The zero-order chi connectivity index (χ0) is 11.4. The summed E-state index contributed by atoms with van der Waals surface area (Å²) in [6.07, 6.45) is 3.39. The molecule has 0 unspecified atom stereocenters. The predicted octanol–water partition coefficient (Wildman–Crippen LogP) is 4.22. The van der Waals surface area contributed by atoms with E-state index in [2.05, 4.69) is 27.6 Å². The largest absolute Gasteiger partial charge is 0.454 e. The van der Waals surface area contributed by atoms with E-state index in [0.29, 0.717) is 11.6 Å². The minimum atomic E-state index is 0.418. The lowest BCUT2D eigenvalue weighted by molar-refractivity contribution is 0.472. The average molecular weight is 346 g/mol. The van der Waals surface area contributed by atoms with Crippen LogP contribution in [0.5, 0.6) is 11.5 Å². The van der Waals surface area contributed by atoms with E-state index in [0.717, 1.165) is 14.9 Å². The number of pyridine rings is 1. The Labute approximate surface area is 113 Å². The molecule has 0 amide bonds. The van der Waals surface area contributed by atoms with E-state index in [1.807, 2.05) is 30.3 Å². The first-order valence-electron chi connectivity index (χ1n) is 4.72. The summed E-state index contributed by atoms with van der Waals surface area (Å²) in [4.78, 5) is 4.03. The van der Waals surface area contributed by atoms with E-state index < -0.39 is 0 Å². The van der Waals surface area contributed by atoms with Gasteiger partial charge >= 0.3 is 0 Å². The fourth-order valence-electron chi connectivity index (χ4n) is 1.26. The molecule has 0 atom stereocenters. The first-order chi connectivity index (χ1) is 7.81. The van der Waals surface area contributed by atoms with Crippen molar-refractivity contribution in [1.82, 2.24) is 4.98 Å². The van der Waals surface area contributed by atoms with Gasteiger partial charge in [-0.15, -0.1) is 11.6 Å². The first kappa shape index (κ1) is 11.7. The first-order valence-corrected chi connectivity index (χ1v) is 6.34. The number of hydrogen-bond acceptors (Lipinski definition) is 2. The number of nitrogens with zero attached hydrogens (tertiary/aromatic N) is 1. The number of para-hydroxylation sites is 1. The molecule has 4 heteroatoms. The second kappa shape index (κ2) is 5.50. The van der Waals surface area contributed by atoms with Crippen molar-refractivity contribution in [2.24, 2.45) is 0 Å². The van der Waals surface area contributed by atoms with Crippen molar-refractivity contribution in [1.29, 1.82) is 0 Å². The van der Waals surface area contributed by atoms with Crippen molar-refractivity contribution in [3.05, 3.63) is 51.9 Å². The van der Waals surface area contributed by atoms with Crippen molar-refractivity contribution in [3.63, 3.8) is 0 Å². The lowest BCUT2D eigenvalue weighted by atomic mass is 10.3. The van der Waals surface area contributed by atoms with Crippen molar-refractivity contribution >= 4 is 34.2 Å². The molecular formula is C12H9ClINO. The van der Waals surface area contributed by atoms with Crippen LogP contribution in [0.4, 0.5) is 0 Å². The topological polar surface area (TPSA) is 22.1 Å². The van der Waals surface area contributed by atoms with Gasteiger partial charge in [0.25, 0.3) is 0 Å². The summed E-state index contributed by atoms with van der Waals surface area (Å²) in [5.41, 5.74) is 0.941. The summed E-state index contributed by atoms with van der Waals surface area (Å²) in [6.45, 7) is 0. The number of halogens is 2. The molecule has 82 valence electrons. The summed E-state index contributed by atoms with van der Waals surface area (Å²) >= 11 is 8.06. The molecule has 0 N–H and O–H groups in total. The van der Waals surface area contributed by atoms with Gasteiger partial charge in [0, 0.05) is 11.8 Å². The Morgan fingerprint density at radius 2 is 2.00 bits per heavy atom. The third kappa shape index (κ3) is 2.65. The molecule has 0 radical (unpaired) electrons. The van der Waals surface area contributed by atoms with Crippen LogP contribution < -0.4 is 4.74 Å². The molecule has 0 aliphatic carbocycles. The molecule has 0 saturated carbocycles. The maximum absolute atomic E-state index is 5.83. The monoisotopic (exact) mass is 345 g/mol. The average Bonchev–Trinajstić information content (AvgIpc) is 2.33. The highest BCUT2D eigenvalue weighted by Gasteiger charge is 2.05. The van der Waals surface area contributed by atoms with E-state index in [1.54, 1.807) is 12.4 Å². The molecule has 0 spiro atoms. The highest BCUT2D eigenvalue weighted by Crippen LogP contribution is 2.28. The minimum Gasteiger partial charge on any atom is -0.454 e. The molecule has 0 saturated heterocycles. The summed E-state index contributed by atoms with van der Waals surface area (Å²) in [5.74, 6) is 1.95. The Bertz CT molecular complexity index is 490. The van der Waals surface area contributed by atoms with Gasteiger partial charge in [0.2, 0.25) is 0 Å². The fraction of sp³-hybridized carbons (Fsp3) is 0.0833. The number of rotatable bonds is 3. The normalized spacial score (nSPS) is 10.1. The third-order valence-electron chi connectivity index (χ3n) is 2.07. The van der Waals surface area contributed by atoms with E-state index in [1.165, 1.54) is 0 Å². The second-order valence-electron chi connectivity index (χ2n) is 3.15. The van der Waals surface area contributed by atoms with Gasteiger partial charge in [0.05, 0.1) is 15.6 Å². The van der Waals surface area contributed by atoms with Crippen molar-refractivity contribution in [2.45, 2.75) is 5.88 Å². The van der Waals surface area contributed by atoms with E-state index in [4.69, 9.17) is 16.3 Å². The third-order valence-corrected chi connectivity index (χ3v) is 3.25. The van der Waals surface area contributed by atoms with E-state index >= 15 is 0 Å². The van der Waals surface area contributed by atoms with Gasteiger partial charge < -0.3 is 4.74 Å². The van der Waals surface area contributed by atoms with E-state index in [9.17, 15) is 0 Å². The number of alkyl halides is 1. The smallest absolute Gasteiger partial charge is 0.150 e. The van der Waals surface area contributed by atoms with E-state index in [-0.39, 0.29) is 0 Å². The SMILES string of the molecule is ClCc1ccncc1Oc1ccccc1I. The van der Waals surface area contributed by atoms with Gasteiger partial charge in [-0.1, -0.05) is 12.1 Å². The van der Waals surface area contributed by atoms with Crippen LogP contribution in [0.15, 0.2) is 42.7 Å². The Kier molecular flexibility index (Phi) is 4.01. The molecule has 2 aromatic rings. The Balaban J connectivity index is 2.30. The maximum Gasteiger partial charge on any atom is 0.150 e. The van der Waals surface area contributed by atoms with Gasteiger partial charge in [0.1, 0.15) is 11.5 Å². The molecular weight excluding hydrogens is 336 g/mol. The van der Waals surface area contributed by atoms with Gasteiger partial charge in [-0.25, -0.2) is 0 Å². The van der Waals surface area contributed by atoms with Crippen molar-refractivity contribution in [2.75, 3.05) is 0 Å². The van der Waals surface area contributed by atoms with Crippen LogP contribution in [0.3, 0.4) is 0 Å². The molecule has 1 aromatic heterocycles. The molecule has 0 aliphatic rings. The lowest BCUT2D eigenvalue weighted by Gasteiger charge is -2.09. The van der Waals surface area contributed by atoms with Crippen LogP contribution in [0.25, 0.3) is 0 Å². The molecule has 0 aliphatic heterocycles. The summed E-state index contributed by atoms with van der Waals surface area (Å²) in [5, 5.41) is 0. The summed E-state index contributed by atoms with van der Waals surface area (Å²) in [6, 6.07) is 9.69. The van der Waals surface area contributed by atoms with Crippen LogP contribution >= 0.6 is 34.2 Å².